The third kappa shape index (κ3) is 5.03. The Morgan fingerprint density at radius 1 is 1.35 bits per heavy atom. The SMILES string of the molecule is CN=C(N)NCc1ccc(C(=O)NC)cc1.I. The summed E-state index contributed by atoms with van der Waals surface area (Å²) in [4.78, 5) is 15.1. The van der Waals surface area contributed by atoms with Gasteiger partial charge in [0.25, 0.3) is 5.91 Å². The van der Waals surface area contributed by atoms with Crippen molar-refractivity contribution in [1.82, 2.24) is 10.6 Å². The van der Waals surface area contributed by atoms with Gasteiger partial charge in [0.1, 0.15) is 0 Å². The van der Waals surface area contributed by atoms with Gasteiger partial charge in [0, 0.05) is 26.2 Å². The molecule has 0 fully saturated rings. The number of carbonyl (C=O) groups is 1. The lowest BCUT2D eigenvalue weighted by Crippen LogP contribution is -2.30. The van der Waals surface area contributed by atoms with Crippen molar-refractivity contribution < 1.29 is 4.79 Å². The molecule has 94 valence electrons. The highest BCUT2D eigenvalue weighted by atomic mass is 127. The molecule has 0 aliphatic rings. The molecule has 0 unspecified atom stereocenters. The molecule has 1 amide bonds. The number of amides is 1. The highest BCUT2D eigenvalue weighted by Gasteiger charge is 2.01. The Labute approximate surface area is 118 Å². The van der Waals surface area contributed by atoms with Gasteiger partial charge in [0.2, 0.25) is 0 Å². The molecule has 0 aliphatic heterocycles. The second-order valence-electron chi connectivity index (χ2n) is 3.24. The molecule has 0 bridgehead atoms. The number of aliphatic imine (C=N–C) groups is 1. The zero-order chi connectivity index (χ0) is 12.0. The molecule has 0 aliphatic carbocycles. The Bertz CT molecular complexity index is 389. The maximum atomic E-state index is 11.3. The van der Waals surface area contributed by atoms with E-state index in [1.54, 1.807) is 26.2 Å². The van der Waals surface area contributed by atoms with E-state index < -0.39 is 0 Å². The smallest absolute Gasteiger partial charge is 0.251 e. The number of hydrogen-bond acceptors (Lipinski definition) is 2. The lowest BCUT2D eigenvalue weighted by atomic mass is 10.1. The Hall–Kier alpha value is -1.31. The summed E-state index contributed by atoms with van der Waals surface area (Å²) in [6, 6.07) is 7.30. The molecular weight excluding hydrogens is 331 g/mol. The minimum atomic E-state index is -0.0888. The van der Waals surface area contributed by atoms with Crippen LogP contribution in [0.15, 0.2) is 29.3 Å². The van der Waals surface area contributed by atoms with Gasteiger partial charge in [0.15, 0.2) is 5.96 Å². The van der Waals surface area contributed by atoms with Crippen molar-refractivity contribution in [2.75, 3.05) is 14.1 Å². The minimum Gasteiger partial charge on any atom is -0.370 e. The van der Waals surface area contributed by atoms with Crippen LogP contribution in [0.5, 0.6) is 0 Å². The zero-order valence-electron chi connectivity index (χ0n) is 9.86. The van der Waals surface area contributed by atoms with Gasteiger partial charge < -0.3 is 16.4 Å². The van der Waals surface area contributed by atoms with Crippen LogP contribution in [0.25, 0.3) is 0 Å². The first-order chi connectivity index (χ1) is 7.67. The monoisotopic (exact) mass is 348 g/mol. The van der Waals surface area contributed by atoms with Crippen molar-refractivity contribution in [2.24, 2.45) is 10.7 Å². The molecule has 0 radical (unpaired) electrons. The predicted octanol–water partition coefficient (Wildman–Crippen LogP) is 0.698. The third-order valence-corrected chi connectivity index (χ3v) is 2.16. The molecule has 1 aromatic rings. The van der Waals surface area contributed by atoms with E-state index in [1.165, 1.54) is 0 Å². The second kappa shape index (κ2) is 7.88. The molecule has 4 N–H and O–H groups in total. The molecule has 0 heterocycles. The summed E-state index contributed by atoms with van der Waals surface area (Å²) in [6.07, 6.45) is 0. The van der Waals surface area contributed by atoms with Gasteiger partial charge >= 0.3 is 0 Å². The van der Waals surface area contributed by atoms with E-state index in [2.05, 4.69) is 15.6 Å². The Kier molecular flexibility index (Phi) is 7.27. The number of guanidine groups is 1. The van der Waals surface area contributed by atoms with Crippen LogP contribution in [-0.4, -0.2) is 26.0 Å². The maximum Gasteiger partial charge on any atom is 0.251 e. The van der Waals surface area contributed by atoms with Crippen molar-refractivity contribution in [1.29, 1.82) is 0 Å². The summed E-state index contributed by atoms with van der Waals surface area (Å²) in [6.45, 7) is 0.594. The topological polar surface area (TPSA) is 79.5 Å². The first-order valence-electron chi connectivity index (χ1n) is 4.94. The number of halogens is 1. The van der Waals surface area contributed by atoms with Gasteiger partial charge in [-0.3, -0.25) is 9.79 Å². The maximum absolute atomic E-state index is 11.3. The number of carbonyl (C=O) groups excluding carboxylic acids is 1. The average Bonchev–Trinajstić information content (AvgIpc) is 2.35. The number of hydrogen-bond donors (Lipinski definition) is 3. The predicted molar refractivity (Wildman–Crippen MR) is 79.6 cm³/mol. The highest BCUT2D eigenvalue weighted by Crippen LogP contribution is 2.03. The molecule has 0 spiro atoms. The average molecular weight is 348 g/mol. The van der Waals surface area contributed by atoms with Gasteiger partial charge in [-0.2, -0.15) is 0 Å². The van der Waals surface area contributed by atoms with E-state index in [9.17, 15) is 4.79 Å². The quantitative estimate of drug-likeness (QED) is 0.427. The minimum absolute atomic E-state index is 0. The zero-order valence-corrected chi connectivity index (χ0v) is 12.2. The fourth-order valence-electron chi connectivity index (χ4n) is 1.19. The van der Waals surface area contributed by atoms with Gasteiger partial charge in [-0.15, -0.1) is 24.0 Å². The largest absolute Gasteiger partial charge is 0.370 e. The fraction of sp³-hybridized carbons (Fsp3) is 0.273. The van der Waals surface area contributed by atoms with Crippen LogP contribution in [0.1, 0.15) is 15.9 Å². The summed E-state index contributed by atoms with van der Waals surface area (Å²) in [7, 11) is 3.23. The number of rotatable bonds is 3. The van der Waals surface area contributed by atoms with Crippen molar-refractivity contribution in [2.45, 2.75) is 6.54 Å². The van der Waals surface area contributed by atoms with Gasteiger partial charge in [-0.05, 0) is 17.7 Å². The first kappa shape index (κ1) is 15.7. The Morgan fingerprint density at radius 2 is 1.94 bits per heavy atom. The highest BCUT2D eigenvalue weighted by molar-refractivity contribution is 14.0. The van der Waals surface area contributed by atoms with Crippen molar-refractivity contribution in [3.63, 3.8) is 0 Å². The lowest BCUT2D eigenvalue weighted by Gasteiger charge is -2.05. The molecule has 6 heteroatoms. The molecule has 1 aromatic carbocycles. The lowest BCUT2D eigenvalue weighted by molar-refractivity contribution is 0.0963. The van der Waals surface area contributed by atoms with Crippen LogP contribution < -0.4 is 16.4 Å². The summed E-state index contributed by atoms with van der Waals surface area (Å²) in [5, 5.41) is 5.50. The molecule has 5 nitrogen and oxygen atoms in total. The van der Waals surface area contributed by atoms with Crippen molar-refractivity contribution in [3.8, 4) is 0 Å². The van der Waals surface area contributed by atoms with Crippen molar-refractivity contribution in [3.05, 3.63) is 35.4 Å². The standard InChI is InChI=1S/C11H16N4O.HI/c1-13-10(16)9-5-3-8(4-6-9)7-15-11(12)14-2;/h3-6H,7H2,1-2H3,(H,13,16)(H3,12,14,15);1H. The van der Waals surface area contributed by atoms with Crippen LogP contribution in [0.2, 0.25) is 0 Å². The Morgan fingerprint density at radius 3 is 2.41 bits per heavy atom. The van der Waals surface area contributed by atoms with Crippen molar-refractivity contribution >= 4 is 35.8 Å². The molecule has 0 saturated carbocycles. The van der Waals surface area contributed by atoms with Gasteiger partial charge in [-0.25, -0.2) is 0 Å². The van der Waals surface area contributed by atoms with E-state index in [0.717, 1.165) is 5.56 Å². The Balaban J connectivity index is 0.00000256. The van der Waals surface area contributed by atoms with E-state index >= 15 is 0 Å². The van der Waals surface area contributed by atoms with Crippen LogP contribution in [0, 0.1) is 0 Å². The molecular formula is C11H17IN4O. The summed E-state index contributed by atoms with van der Waals surface area (Å²) < 4.78 is 0. The summed E-state index contributed by atoms with van der Waals surface area (Å²) >= 11 is 0. The number of benzene rings is 1. The molecule has 17 heavy (non-hydrogen) atoms. The fourth-order valence-corrected chi connectivity index (χ4v) is 1.19. The van der Waals surface area contributed by atoms with E-state index in [0.29, 0.717) is 18.1 Å². The first-order valence-corrected chi connectivity index (χ1v) is 4.94. The van der Waals surface area contributed by atoms with Gasteiger partial charge in [0.05, 0.1) is 0 Å². The molecule has 1 rings (SSSR count). The normalized spacial score (nSPS) is 10.4. The van der Waals surface area contributed by atoms with Crippen LogP contribution >= 0.6 is 24.0 Å². The van der Waals surface area contributed by atoms with E-state index in [-0.39, 0.29) is 29.9 Å². The molecule has 0 aromatic heterocycles. The number of nitrogens with one attached hydrogen (secondary N) is 2. The summed E-state index contributed by atoms with van der Waals surface area (Å²) in [5.41, 5.74) is 7.18. The number of nitrogens with two attached hydrogens (primary N) is 1. The van der Waals surface area contributed by atoms with Crippen LogP contribution in [0.4, 0.5) is 0 Å². The molecule has 0 atom stereocenters. The van der Waals surface area contributed by atoms with Gasteiger partial charge in [-0.1, -0.05) is 12.1 Å². The van der Waals surface area contributed by atoms with E-state index in [1.807, 2.05) is 12.1 Å². The summed E-state index contributed by atoms with van der Waals surface area (Å²) in [5.74, 6) is 0.310. The van der Waals surface area contributed by atoms with Crippen LogP contribution in [-0.2, 0) is 6.54 Å². The van der Waals surface area contributed by atoms with Crippen LogP contribution in [0.3, 0.4) is 0 Å². The number of nitrogens with zero attached hydrogens (tertiary/aromatic N) is 1. The van der Waals surface area contributed by atoms with E-state index in [4.69, 9.17) is 5.73 Å². The second-order valence-corrected chi connectivity index (χ2v) is 3.24. The third-order valence-electron chi connectivity index (χ3n) is 2.16. The molecule has 0 saturated heterocycles.